The SMILES string of the molecule is Cc1nnc2c(N)cc(-c3ccc4ncn(C(c5ccccc5)C5CCOCC5)c4c3)nn12. The van der Waals surface area contributed by atoms with E-state index in [0.717, 1.165) is 48.3 Å². The van der Waals surface area contributed by atoms with E-state index in [4.69, 9.17) is 20.6 Å². The van der Waals surface area contributed by atoms with Gasteiger partial charge in [-0.25, -0.2) is 4.98 Å². The van der Waals surface area contributed by atoms with E-state index >= 15 is 0 Å². The van der Waals surface area contributed by atoms with Crippen LogP contribution >= 0.6 is 0 Å². The molecule has 33 heavy (non-hydrogen) atoms. The fourth-order valence-electron chi connectivity index (χ4n) is 4.90. The number of nitrogen functional groups attached to an aromatic ring is 1. The van der Waals surface area contributed by atoms with Crippen molar-refractivity contribution in [2.45, 2.75) is 25.8 Å². The van der Waals surface area contributed by atoms with Crippen LogP contribution in [-0.4, -0.2) is 42.6 Å². The average molecular weight is 440 g/mol. The Morgan fingerprint density at radius 2 is 1.85 bits per heavy atom. The van der Waals surface area contributed by atoms with Crippen LogP contribution in [0.15, 0.2) is 60.9 Å². The molecule has 0 aliphatic carbocycles. The van der Waals surface area contributed by atoms with Crippen LogP contribution < -0.4 is 5.73 Å². The van der Waals surface area contributed by atoms with Gasteiger partial charge in [-0.1, -0.05) is 36.4 Å². The summed E-state index contributed by atoms with van der Waals surface area (Å²) in [5.41, 5.74) is 12.5. The molecule has 8 nitrogen and oxygen atoms in total. The first kappa shape index (κ1) is 19.9. The predicted octanol–water partition coefficient (Wildman–Crippen LogP) is 4.05. The maximum absolute atomic E-state index is 6.26. The molecule has 2 N–H and O–H groups in total. The highest BCUT2D eigenvalue weighted by atomic mass is 16.5. The summed E-state index contributed by atoms with van der Waals surface area (Å²) < 4.78 is 9.67. The largest absolute Gasteiger partial charge is 0.396 e. The minimum atomic E-state index is 0.191. The van der Waals surface area contributed by atoms with Gasteiger partial charge < -0.3 is 15.0 Å². The van der Waals surface area contributed by atoms with Crippen molar-refractivity contribution in [3.63, 3.8) is 0 Å². The Bertz CT molecular complexity index is 1430. The average Bonchev–Trinajstić information content (AvgIpc) is 3.44. The van der Waals surface area contributed by atoms with E-state index in [9.17, 15) is 0 Å². The minimum Gasteiger partial charge on any atom is -0.396 e. The van der Waals surface area contributed by atoms with Crippen LogP contribution in [0.2, 0.25) is 0 Å². The normalized spacial score (nSPS) is 15.9. The lowest BCUT2D eigenvalue weighted by molar-refractivity contribution is 0.0547. The molecular weight excluding hydrogens is 414 g/mol. The fraction of sp³-hybridized carbons (Fsp3) is 0.280. The van der Waals surface area contributed by atoms with Crippen LogP contribution in [-0.2, 0) is 4.74 Å². The third-order valence-electron chi connectivity index (χ3n) is 6.58. The van der Waals surface area contributed by atoms with Crippen molar-refractivity contribution in [2.24, 2.45) is 5.92 Å². The lowest BCUT2D eigenvalue weighted by Gasteiger charge is -2.32. The second kappa shape index (κ2) is 7.97. The zero-order chi connectivity index (χ0) is 22.4. The number of nitrogens with two attached hydrogens (primary N) is 1. The first-order valence-electron chi connectivity index (χ1n) is 11.3. The molecule has 1 aliphatic rings. The zero-order valence-electron chi connectivity index (χ0n) is 18.4. The van der Waals surface area contributed by atoms with Gasteiger partial charge in [0.2, 0.25) is 5.65 Å². The molecule has 3 aromatic heterocycles. The number of hydrogen-bond donors (Lipinski definition) is 1. The van der Waals surface area contributed by atoms with E-state index < -0.39 is 0 Å². The summed E-state index contributed by atoms with van der Waals surface area (Å²) in [5.74, 6) is 1.18. The summed E-state index contributed by atoms with van der Waals surface area (Å²) in [6.07, 6.45) is 4.03. The van der Waals surface area contributed by atoms with Gasteiger partial charge in [-0.3, -0.25) is 0 Å². The number of anilines is 1. The van der Waals surface area contributed by atoms with Crippen LogP contribution in [0.3, 0.4) is 0 Å². The van der Waals surface area contributed by atoms with Crippen LogP contribution in [0.25, 0.3) is 27.9 Å². The Morgan fingerprint density at radius 3 is 2.67 bits per heavy atom. The van der Waals surface area contributed by atoms with E-state index in [1.165, 1.54) is 5.56 Å². The second-order valence-electron chi connectivity index (χ2n) is 8.63. The zero-order valence-corrected chi connectivity index (χ0v) is 18.4. The molecule has 166 valence electrons. The van der Waals surface area contributed by atoms with E-state index in [1.54, 1.807) is 4.52 Å². The Labute approximate surface area is 191 Å². The molecule has 1 unspecified atom stereocenters. The summed E-state index contributed by atoms with van der Waals surface area (Å²) >= 11 is 0. The number of rotatable bonds is 4. The van der Waals surface area contributed by atoms with E-state index in [1.807, 2.05) is 31.5 Å². The van der Waals surface area contributed by atoms with E-state index in [-0.39, 0.29) is 6.04 Å². The molecule has 8 heteroatoms. The van der Waals surface area contributed by atoms with Crippen molar-refractivity contribution in [1.29, 1.82) is 0 Å². The number of fused-ring (bicyclic) bond motifs is 2. The number of aryl methyl sites for hydroxylation is 1. The number of ether oxygens (including phenoxy) is 1. The molecule has 1 fully saturated rings. The molecule has 0 radical (unpaired) electrons. The van der Waals surface area contributed by atoms with Crippen molar-refractivity contribution in [3.05, 3.63) is 72.3 Å². The highest BCUT2D eigenvalue weighted by Gasteiger charge is 2.28. The third kappa shape index (κ3) is 3.43. The van der Waals surface area contributed by atoms with Crippen LogP contribution in [0, 0.1) is 12.8 Å². The molecule has 0 saturated carbocycles. The highest BCUT2D eigenvalue weighted by molar-refractivity contribution is 5.83. The third-order valence-corrected chi connectivity index (χ3v) is 6.58. The minimum absolute atomic E-state index is 0.191. The molecule has 2 aromatic carbocycles. The van der Waals surface area contributed by atoms with Gasteiger partial charge in [0.05, 0.1) is 34.8 Å². The molecule has 5 aromatic rings. The van der Waals surface area contributed by atoms with Gasteiger partial charge in [0, 0.05) is 18.8 Å². The monoisotopic (exact) mass is 439 g/mol. The smallest absolute Gasteiger partial charge is 0.200 e. The Kier molecular flexibility index (Phi) is 4.80. The number of benzene rings is 2. The van der Waals surface area contributed by atoms with Crippen LogP contribution in [0.5, 0.6) is 0 Å². The number of hydrogen-bond acceptors (Lipinski definition) is 6. The summed E-state index contributed by atoms with van der Waals surface area (Å²) in [5, 5.41) is 13.0. The summed E-state index contributed by atoms with van der Waals surface area (Å²) in [6.45, 7) is 3.47. The van der Waals surface area contributed by atoms with Gasteiger partial charge in [0.15, 0.2) is 5.82 Å². The lowest BCUT2D eigenvalue weighted by atomic mass is 9.86. The first-order chi connectivity index (χ1) is 16.2. The van der Waals surface area contributed by atoms with E-state index in [0.29, 0.717) is 23.1 Å². The van der Waals surface area contributed by atoms with Crippen LogP contribution in [0.1, 0.15) is 30.3 Å². The maximum Gasteiger partial charge on any atom is 0.200 e. The predicted molar refractivity (Wildman–Crippen MR) is 127 cm³/mol. The van der Waals surface area contributed by atoms with Gasteiger partial charge >= 0.3 is 0 Å². The first-order valence-corrected chi connectivity index (χ1v) is 11.3. The number of aromatic nitrogens is 6. The van der Waals surface area contributed by atoms with Gasteiger partial charge in [0.1, 0.15) is 0 Å². The molecule has 4 heterocycles. The van der Waals surface area contributed by atoms with Crippen molar-refractivity contribution in [2.75, 3.05) is 18.9 Å². The van der Waals surface area contributed by atoms with Gasteiger partial charge in [0.25, 0.3) is 0 Å². The summed E-state index contributed by atoms with van der Waals surface area (Å²) in [6, 6.07) is 19.0. The number of nitrogens with zero attached hydrogens (tertiary/aromatic N) is 6. The summed E-state index contributed by atoms with van der Waals surface area (Å²) in [7, 11) is 0. The van der Waals surface area contributed by atoms with Crippen molar-refractivity contribution >= 4 is 22.4 Å². The maximum atomic E-state index is 6.26. The Hall–Kier alpha value is -3.78. The topological polar surface area (TPSA) is 96.2 Å². The molecule has 1 aliphatic heterocycles. The molecule has 6 rings (SSSR count). The fourth-order valence-corrected chi connectivity index (χ4v) is 4.90. The Balaban J connectivity index is 1.50. The van der Waals surface area contributed by atoms with Gasteiger partial charge in [-0.15, -0.1) is 10.2 Å². The molecule has 1 saturated heterocycles. The number of imidazole rings is 1. The van der Waals surface area contributed by atoms with Crippen molar-refractivity contribution in [3.8, 4) is 11.3 Å². The quantitative estimate of drug-likeness (QED) is 0.454. The molecule has 0 bridgehead atoms. The molecule has 0 spiro atoms. The summed E-state index contributed by atoms with van der Waals surface area (Å²) in [4.78, 5) is 4.73. The lowest BCUT2D eigenvalue weighted by Crippen LogP contribution is -2.26. The highest BCUT2D eigenvalue weighted by Crippen LogP contribution is 2.36. The molecule has 0 amide bonds. The second-order valence-corrected chi connectivity index (χ2v) is 8.63. The van der Waals surface area contributed by atoms with Crippen molar-refractivity contribution < 1.29 is 4.74 Å². The standard InChI is InChI=1S/C25H25N7O/c1-16-28-29-25-20(26)14-22(30-32(16)25)19-7-8-21-23(13-19)31(15-27-21)24(17-5-3-2-4-6-17)18-9-11-33-12-10-18/h2-8,13-15,18,24H,9-12,26H2,1H3. The molecular formula is C25H25N7O. The Morgan fingerprint density at radius 1 is 1.03 bits per heavy atom. The molecule has 1 atom stereocenters. The van der Waals surface area contributed by atoms with E-state index in [2.05, 4.69) is 51.2 Å². The van der Waals surface area contributed by atoms with Crippen molar-refractivity contribution in [1.82, 2.24) is 29.4 Å². The van der Waals surface area contributed by atoms with Gasteiger partial charge in [-0.2, -0.15) is 9.61 Å². The van der Waals surface area contributed by atoms with Crippen LogP contribution in [0.4, 0.5) is 5.69 Å². The van der Waals surface area contributed by atoms with Gasteiger partial charge in [-0.05, 0) is 49.4 Å².